The second-order valence-electron chi connectivity index (χ2n) is 7.02. The first-order valence-corrected chi connectivity index (χ1v) is 10.9. The predicted molar refractivity (Wildman–Crippen MR) is 105 cm³/mol. The molecule has 26 heavy (non-hydrogen) atoms. The van der Waals surface area contributed by atoms with Crippen molar-refractivity contribution in [1.82, 2.24) is 10.2 Å². The first kappa shape index (κ1) is 18.9. The van der Waals surface area contributed by atoms with Gasteiger partial charge in [-0.15, -0.1) is 0 Å². The van der Waals surface area contributed by atoms with E-state index in [4.69, 9.17) is 0 Å². The molecule has 3 rings (SSSR count). The molecule has 2 aromatic carbocycles. The highest BCUT2D eigenvalue weighted by Gasteiger charge is 2.50. The Morgan fingerprint density at radius 2 is 1.77 bits per heavy atom. The van der Waals surface area contributed by atoms with Crippen LogP contribution < -0.4 is 5.32 Å². The Balaban J connectivity index is 1.89. The smallest absolute Gasteiger partial charge is 0.244 e. The second-order valence-corrected chi connectivity index (χ2v) is 9.34. The second kappa shape index (κ2) is 7.37. The first-order chi connectivity index (χ1) is 12.4. The molecule has 0 atom stereocenters. The van der Waals surface area contributed by atoms with Crippen molar-refractivity contribution in [3.8, 4) is 0 Å². The van der Waals surface area contributed by atoms with Crippen LogP contribution in [0.4, 0.5) is 0 Å². The number of carbonyl (C=O) groups is 1. The fraction of sp³-hybridized carbons (Fsp3) is 0.450. The lowest BCUT2D eigenvalue weighted by Gasteiger charge is -2.38. The Bertz CT molecular complexity index is 902. The van der Waals surface area contributed by atoms with E-state index in [-0.39, 0.29) is 5.91 Å². The summed E-state index contributed by atoms with van der Waals surface area (Å²) >= 11 is 0. The summed E-state index contributed by atoms with van der Waals surface area (Å²) < 4.78 is 23.7. The van der Waals surface area contributed by atoms with Gasteiger partial charge < -0.3 is 10.2 Å². The topological polar surface area (TPSA) is 66.5 Å². The van der Waals surface area contributed by atoms with E-state index in [9.17, 15) is 13.2 Å². The molecular formula is C20H26N2O3S. The summed E-state index contributed by atoms with van der Waals surface area (Å²) in [5.41, 5.74) is 1.01. The van der Waals surface area contributed by atoms with Gasteiger partial charge in [0.1, 0.15) is 0 Å². The van der Waals surface area contributed by atoms with E-state index in [0.717, 1.165) is 16.3 Å². The molecule has 1 heterocycles. The number of hydrogen-bond donors (Lipinski definition) is 1. The summed E-state index contributed by atoms with van der Waals surface area (Å²) in [6, 6.07) is 14.2. The number of hydrogen-bond acceptors (Lipinski definition) is 4. The van der Waals surface area contributed by atoms with Crippen molar-refractivity contribution < 1.29 is 13.2 Å². The zero-order valence-corrected chi connectivity index (χ0v) is 16.2. The standard InChI is InChI=1S/C20H26N2O3S/c1-3-22(15-16-8-9-17-6-4-5-7-18(17)14-16)19(23)20(26(2,24)25)10-12-21-13-11-20/h4-9,14,21H,3,10-13,15H2,1-2H3. The number of piperidine rings is 1. The van der Waals surface area contributed by atoms with Crippen LogP contribution in [0.15, 0.2) is 42.5 Å². The summed E-state index contributed by atoms with van der Waals surface area (Å²) in [4.78, 5) is 15.0. The summed E-state index contributed by atoms with van der Waals surface area (Å²) in [6.07, 6.45) is 1.86. The number of nitrogens with zero attached hydrogens (tertiary/aromatic N) is 1. The number of nitrogens with one attached hydrogen (secondary N) is 1. The van der Waals surface area contributed by atoms with Crippen LogP contribution in [0.5, 0.6) is 0 Å². The zero-order chi connectivity index (χ0) is 18.8. The molecule has 1 aliphatic heterocycles. The molecule has 1 N–H and O–H groups in total. The van der Waals surface area contributed by atoms with Gasteiger partial charge in [0.15, 0.2) is 14.6 Å². The molecule has 0 aliphatic carbocycles. The zero-order valence-electron chi connectivity index (χ0n) is 15.4. The minimum Gasteiger partial charge on any atom is -0.337 e. The lowest BCUT2D eigenvalue weighted by Crippen LogP contribution is -2.58. The largest absolute Gasteiger partial charge is 0.337 e. The Kier molecular flexibility index (Phi) is 5.34. The van der Waals surface area contributed by atoms with Crippen molar-refractivity contribution in [2.45, 2.75) is 31.1 Å². The minimum absolute atomic E-state index is 0.267. The van der Waals surface area contributed by atoms with Crippen LogP contribution in [0.2, 0.25) is 0 Å². The molecular weight excluding hydrogens is 348 g/mol. The first-order valence-electron chi connectivity index (χ1n) is 9.05. The number of benzene rings is 2. The van der Waals surface area contributed by atoms with Crippen LogP contribution in [0.1, 0.15) is 25.3 Å². The molecule has 5 nitrogen and oxygen atoms in total. The van der Waals surface area contributed by atoms with Gasteiger partial charge in [-0.2, -0.15) is 0 Å². The van der Waals surface area contributed by atoms with Crippen molar-refractivity contribution in [3.63, 3.8) is 0 Å². The molecule has 0 radical (unpaired) electrons. The molecule has 6 heteroatoms. The third-order valence-corrected chi connectivity index (χ3v) is 7.37. The molecule has 0 saturated carbocycles. The van der Waals surface area contributed by atoms with E-state index in [1.807, 2.05) is 37.3 Å². The van der Waals surface area contributed by atoms with E-state index >= 15 is 0 Å². The van der Waals surface area contributed by atoms with Crippen molar-refractivity contribution in [3.05, 3.63) is 48.0 Å². The molecule has 0 spiro atoms. The molecule has 0 aromatic heterocycles. The molecule has 1 fully saturated rings. The number of sulfone groups is 1. The van der Waals surface area contributed by atoms with Gasteiger partial charge in [0, 0.05) is 19.3 Å². The van der Waals surface area contributed by atoms with Gasteiger partial charge in [-0.05, 0) is 55.3 Å². The molecule has 0 unspecified atom stereocenters. The van der Waals surface area contributed by atoms with Crippen molar-refractivity contribution in [2.24, 2.45) is 0 Å². The van der Waals surface area contributed by atoms with Crippen LogP contribution in [0, 0.1) is 0 Å². The van der Waals surface area contributed by atoms with E-state index in [1.54, 1.807) is 4.90 Å². The number of fused-ring (bicyclic) bond motifs is 1. The van der Waals surface area contributed by atoms with Crippen molar-refractivity contribution in [1.29, 1.82) is 0 Å². The van der Waals surface area contributed by atoms with Gasteiger partial charge in [0.25, 0.3) is 0 Å². The van der Waals surface area contributed by atoms with E-state index < -0.39 is 14.6 Å². The fourth-order valence-corrected chi connectivity index (χ4v) is 5.14. The Morgan fingerprint density at radius 3 is 2.38 bits per heavy atom. The SMILES string of the molecule is CCN(Cc1ccc2ccccc2c1)C(=O)C1(S(C)(=O)=O)CCNCC1. The van der Waals surface area contributed by atoms with E-state index in [2.05, 4.69) is 17.4 Å². The number of rotatable bonds is 5. The summed E-state index contributed by atoms with van der Waals surface area (Å²) in [6.45, 7) is 3.90. The molecule has 1 aliphatic rings. The summed E-state index contributed by atoms with van der Waals surface area (Å²) in [7, 11) is -3.50. The average Bonchev–Trinajstić information content (AvgIpc) is 2.65. The Morgan fingerprint density at radius 1 is 1.12 bits per heavy atom. The molecule has 140 valence electrons. The van der Waals surface area contributed by atoms with Gasteiger partial charge in [-0.1, -0.05) is 36.4 Å². The third-order valence-electron chi connectivity index (χ3n) is 5.37. The highest BCUT2D eigenvalue weighted by atomic mass is 32.2. The monoisotopic (exact) mass is 374 g/mol. The lowest BCUT2D eigenvalue weighted by atomic mass is 9.94. The van der Waals surface area contributed by atoms with Crippen LogP contribution in [-0.4, -0.2) is 49.9 Å². The van der Waals surface area contributed by atoms with Crippen LogP contribution in [0.25, 0.3) is 10.8 Å². The molecule has 2 aromatic rings. The summed E-state index contributed by atoms with van der Waals surface area (Å²) in [5, 5.41) is 5.43. The van der Waals surface area contributed by atoms with Crippen molar-refractivity contribution >= 4 is 26.5 Å². The van der Waals surface area contributed by atoms with Crippen molar-refractivity contribution in [2.75, 3.05) is 25.9 Å². The van der Waals surface area contributed by atoms with Crippen LogP contribution >= 0.6 is 0 Å². The van der Waals surface area contributed by atoms with Crippen LogP contribution in [-0.2, 0) is 21.2 Å². The quantitative estimate of drug-likeness (QED) is 0.872. The highest BCUT2D eigenvalue weighted by Crippen LogP contribution is 2.31. The minimum atomic E-state index is -3.50. The summed E-state index contributed by atoms with van der Waals surface area (Å²) in [5.74, 6) is -0.267. The number of carbonyl (C=O) groups excluding carboxylic acids is 1. The van der Waals surface area contributed by atoms with E-state index in [1.165, 1.54) is 6.26 Å². The maximum Gasteiger partial charge on any atom is 0.244 e. The van der Waals surface area contributed by atoms with Gasteiger partial charge in [-0.25, -0.2) is 8.42 Å². The number of amides is 1. The van der Waals surface area contributed by atoms with Gasteiger partial charge >= 0.3 is 0 Å². The Labute approximate surface area is 155 Å². The maximum atomic E-state index is 13.3. The molecule has 1 amide bonds. The van der Waals surface area contributed by atoms with Gasteiger partial charge in [0.2, 0.25) is 5.91 Å². The molecule has 1 saturated heterocycles. The highest BCUT2D eigenvalue weighted by molar-refractivity contribution is 7.92. The molecule has 0 bridgehead atoms. The van der Waals surface area contributed by atoms with E-state index in [0.29, 0.717) is 39.0 Å². The van der Waals surface area contributed by atoms with Gasteiger partial charge in [0.05, 0.1) is 0 Å². The average molecular weight is 375 g/mol. The maximum absolute atomic E-state index is 13.3. The Hall–Kier alpha value is -1.92. The van der Waals surface area contributed by atoms with Crippen LogP contribution in [0.3, 0.4) is 0 Å². The fourth-order valence-electron chi connectivity index (χ4n) is 3.75. The normalized spacial score (nSPS) is 17.2. The van der Waals surface area contributed by atoms with Gasteiger partial charge in [-0.3, -0.25) is 4.79 Å². The predicted octanol–water partition coefficient (Wildman–Crippen LogP) is 2.36. The third kappa shape index (κ3) is 3.48. The lowest BCUT2D eigenvalue weighted by molar-refractivity contribution is -0.135.